The third kappa shape index (κ3) is 9.19. The number of aromatic carboxylic acids is 2. The molecule has 2 heterocycles. The molecule has 0 fully saturated rings. The predicted octanol–water partition coefficient (Wildman–Crippen LogP) is 9.55. The van der Waals surface area contributed by atoms with Gasteiger partial charge in [-0.2, -0.15) is 0 Å². The van der Waals surface area contributed by atoms with Gasteiger partial charge in [-0.25, -0.2) is 19.6 Å². The van der Waals surface area contributed by atoms with E-state index in [1.165, 1.54) is 5.57 Å². The Hall–Kier alpha value is -6.80. The molecule has 57 heavy (non-hydrogen) atoms. The number of para-hydroxylation sites is 2. The van der Waals surface area contributed by atoms with Crippen molar-refractivity contribution >= 4 is 35.1 Å². The van der Waals surface area contributed by atoms with Crippen molar-refractivity contribution in [3.05, 3.63) is 178 Å². The first-order chi connectivity index (χ1) is 27.6. The maximum atomic E-state index is 11.6. The topological polar surface area (TPSA) is 110 Å². The molecule has 0 atom stereocenters. The smallest absolute Gasteiger partial charge is 0.336 e. The third-order valence-electron chi connectivity index (χ3n) is 10.1. The largest absolute Gasteiger partial charge is 0.478 e. The SMILES string of the molecule is C\C=C(C)/C=c1\c(=C\C)nc(CCC)n1Cc1ccc(-c2ccccc2C(=O)O)cc1.Cc1nc2ccccc2n1Cc1ccc(-c2ccccc2C(=O)O)cc1. The predicted molar refractivity (Wildman–Crippen MR) is 230 cm³/mol. The van der Waals surface area contributed by atoms with E-state index in [9.17, 15) is 19.8 Å². The molecule has 0 saturated carbocycles. The van der Waals surface area contributed by atoms with Gasteiger partial charge in [0, 0.05) is 19.5 Å². The maximum absolute atomic E-state index is 11.6. The minimum absolute atomic E-state index is 0.316. The fourth-order valence-electron chi connectivity index (χ4n) is 6.97. The van der Waals surface area contributed by atoms with Crippen molar-refractivity contribution in [2.75, 3.05) is 0 Å². The first-order valence-electron chi connectivity index (χ1n) is 19.2. The molecule has 8 heteroatoms. The van der Waals surface area contributed by atoms with E-state index in [4.69, 9.17) is 4.98 Å². The first-order valence-corrected chi connectivity index (χ1v) is 19.2. The van der Waals surface area contributed by atoms with Crippen LogP contribution in [0.4, 0.5) is 0 Å². The number of aromatic nitrogens is 4. The maximum Gasteiger partial charge on any atom is 0.336 e. The summed E-state index contributed by atoms with van der Waals surface area (Å²) in [4.78, 5) is 32.5. The molecular weight excluding hydrogens is 709 g/mol. The molecule has 0 aliphatic rings. The normalized spacial score (nSPS) is 12.1. The van der Waals surface area contributed by atoms with E-state index < -0.39 is 11.9 Å². The number of aryl methyl sites for hydroxylation is 2. The Morgan fingerprint density at radius 3 is 1.68 bits per heavy atom. The summed E-state index contributed by atoms with van der Waals surface area (Å²) >= 11 is 0. The molecule has 5 aromatic carbocycles. The van der Waals surface area contributed by atoms with Gasteiger partial charge in [0.05, 0.1) is 32.9 Å². The minimum Gasteiger partial charge on any atom is -0.478 e. The van der Waals surface area contributed by atoms with Gasteiger partial charge in [0.1, 0.15) is 11.6 Å². The van der Waals surface area contributed by atoms with Crippen LogP contribution in [0.3, 0.4) is 0 Å². The van der Waals surface area contributed by atoms with Gasteiger partial charge in [0.25, 0.3) is 0 Å². The quantitative estimate of drug-likeness (QED) is 0.136. The second kappa shape index (κ2) is 18.2. The summed E-state index contributed by atoms with van der Waals surface area (Å²) in [7, 11) is 0. The number of imidazole rings is 2. The lowest BCUT2D eigenvalue weighted by Gasteiger charge is -2.11. The average molecular weight is 757 g/mol. The summed E-state index contributed by atoms with van der Waals surface area (Å²) in [5.41, 5.74) is 9.52. The number of rotatable bonds is 11. The van der Waals surface area contributed by atoms with Gasteiger partial charge < -0.3 is 19.3 Å². The van der Waals surface area contributed by atoms with Crippen LogP contribution < -0.4 is 10.7 Å². The lowest BCUT2D eigenvalue weighted by molar-refractivity contribution is 0.0687. The van der Waals surface area contributed by atoms with Crippen molar-refractivity contribution in [3.8, 4) is 22.3 Å². The van der Waals surface area contributed by atoms with Crippen molar-refractivity contribution in [1.82, 2.24) is 19.1 Å². The van der Waals surface area contributed by atoms with Gasteiger partial charge in [0.2, 0.25) is 0 Å². The molecule has 288 valence electrons. The highest BCUT2D eigenvalue weighted by Gasteiger charge is 2.14. The lowest BCUT2D eigenvalue weighted by atomic mass is 9.99. The summed E-state index contributed by atoms with van der Waals surface area (Å²) in [5.74, 6) is 0.243. The van der Waals surface area contributed by atoms with E-state index in [2.05, 4.69) is 64.4 Å². The second-order valence-corrected chi connectivity index (χ2v) is 13.9. The molecule has 0 aliphatic carbocycles. The molecule has 0 amide bonds. The molecular formula is C49H48N4O4. The monoisotopic (exact) mass is 756 g/mol. The number of allylic oxidation sites excluding steroid dienone is 2. The molecule has 0 aliphatic heterocycles. The Kier molecular flexibility index (Phi) is 12.7. The minimum atomic E-state index is -0.912. The zero-order valence-corrected chi connectivity index (χ0v) is 33.1. The van der Waals surface area contributed by atoms with E-state index >= 15 is 0 Å². The molecule has 7 rings (SSSR count). The number of hydrogen-bond acceptors (Lipinski definition) is 4. The van der Waals surface area contributed by atoms with Crippen LogP contribution in [0.1, 0.15) is 77.6 Å². The molecule has 0 bridgehead atoms. The summed E-state index contributed by atoms with van der Waals surface area (Å²) < 4.78 is 4.49. The van der Waals surface area contributed by atoms with Crippen molar-refractivity contribution < 1.29 is 19.8 Å². The fourth-order valence-corrected chi connectivity index (χ4v) is 6.97. The molecule has 2 aromatic heterocycles. The molecule has 0 spiro atoms. The van der Waals surface area contributed by atoms with Gasteiger partial charge in [-0.1, -0.05) is 122 Å². The van der Waals surface area contributed by atoms with Crippen molar-refractivity contribution in [2.24, 2.45) is 0 Å². The molecule has 0 unspecified atom stereocenters. The Labute approximate surface area is 333 Å². The van der Waals surface area contributed by atoms with Gasteiger partial charge in [0.15, 0.2) is 0 Å². The van der Waals surface area contributed by atoms with Crippen LogP contribution in [0.2, 0.25) is 0 Å². The van der Waals surface area contributed by atoms with E-state index in [-0.39, 0.29) is 0 Å². The van der Waals surface area contributed by atoms with Gasteiger partial charge in [-0.3, -0.25) is 0 Å². The molecule has 8 nitrogen and oxygen atoms in total. The zero-order chi connectivity index (χ0) is 40.5. The Morgan fingerprint density at radius 1 is 0.667 bits per heavy atom. The number of fused-ring (bicyclic) bond motifs is 1. The Bertz CT molecular complexity index is 2680. The number of hydrogen-bond donors (Lipinski definition) is 2. The molecule has 7 aromatic rings. The number of carbonyl (C=O) groups is 2. The van der Waals surface area contributed by atoms with Crippen LogP contribution in [0.25, 0.3) is 45.4 Å². The highest BCUT2D eigenvalue weighted by molar-refractivity contribution is 5.96. The number of carboxylic acid groups (broad SMARTS) is 2. The first kappa shape index (κ1) is 39.9. The standard InChI is InChI=1S/C27H30N2O2.C22H18N2O2/c1-5-10-26-28-24(7-3)25(17-19(4)6-2)29(26)18-20-13-15-21(16-14-20)22-11-8-9-12-23(22)27(30)31;1-15-23-20-8-4-5-9-21(20)24(15)14-16-10-12-17(13-11-16)18-6-2-3-7-19(18)22(25)26/h6-9,11-17H,5,10,18H2,1-4H3,(H,30,31);2-13H,14H2,1H3,(H,25,26)/b19-6-,24-7-,25-17+;. The van der Waals surface area contributed by atoms with Gasteiger partial charge >= 0.3 is 11.9 Å². The highest BCUT2D eigenvalue weighted by atomic mass is 16.4. The fraction of sp³-hybridized carbons (Fsp3) is 0.184. The van der Waals surface area contributed by atoms with E-state index in [0.29, 0.717) is 11.1 Å². The van der Waals surface area contributed by atoms with E-state index in [0.717, 1.165) is 92.7 Å². The summed E-state index contributed by atoms with van der Waals surface area (Å²) in [6.45, 7) is 11.8. The molecule has 0 radical (unpaired) electrons. The van der Waals surface area contributed by atoms with Gasteiger partial charge in [-0.15, -0.1) is 0 Å². The summed E-state index contributed by atoms with van der Waals surface area (Å²) in [6, 6.07) is 38.5. The summed E-state index contributed by atoms with van der Waals surface area (Å²) in [5, 5.41) is 21.0. The van der Waals surface area contributed by atoms with Crippen LogP contribution in [0.5, 0.6) is 0 Å². The van der Waals surface area contributed by atoms with Crippen LogP contribution >= 0.6 is 0 Å². The van der Waals surface area contributed by atoms with Crippen molar-refractivity contribution in [2.45, 2.75) is 60.5 Å². The van der Waals surface area contributed by atoms with Crippen LogP contribution in [-0.4, -0.2) is 41.3 Å². The lowest BCUT2D eigenvalue weighted by Crippen LogP contribution is -2.30. The van der Waals surface area contributed by atoms with E-state index in [1.807, 2.05) is 99.6 Å². The average Bonchev–Trinajstić information content (AvgIpc) is 3.72. The second-order valence-electron chi connectivity index (χ2n) is 13.9. The number of nitrogens with zero attached hydrogens (tertiary/aromatic N) is 4. The third-order valence-corrected chi connectivity index (χ3v) is 10.1. The Morgan fingerprint density at radius 2 is 1.18 bits per heavy atom. The highest BCUT2D eigenvalue weighted by Crippen LogP contribution is 2.26. The van der Waals surface area contributed by atoms with E-state index in [1.54, 1.807) is 24.3 Å². The van der Waals surface area contributed by atoms with Crippen LogP contribution in [0.15, 0.2) is 133 Å². The zero-order valence-electron chi connectivity index (χ0n) is 33.1. The van der Waals surface area contributed by atoms with Crippen molar-refractivity contribution in [3.63, 3.8) is 0 Å². The number of carboxylic acids is 2. The molecule has 0 saturated heterocycles. The van der Waals surface area contributed by atoms with Crippen molar-refractivity contribution in [1.29, 1.82) is 0 Å². The number of benzene rings is 5. The summed E-state index contributed by atoms with van der Waals surface area (Å²) in [6.07, 6.45) is 8.32. The van der Waals surface area contributed by atoms with Gasteiger partial charge in [-0.05, 0) is 97.8 Å². The van der Waals surface area contributed by atoms with Crippen LogP contribution in [-0.2, 0) is 19.5 Å². The van der Waals surface area contributed by atoms with Crippen LogP contribution in [0, 0.1) is 6.92 Å². The molecule has 2 N–H and O–H groups in total. The Balaban J connectivity index is 0.000000195.